The van der Waals surface area contributed by atoms with E-state index in [1.807, 2.05) is 5.92 Å². The fourth-order valence-electron chi connectivity index (χ4n) is 5.38. The average Bonchev–Trinajstić information content (AvgIpc) is 2.63. The number of alkyl halides is 2. The zero-order valence-corrected chi connectivity index (χ0v) is 15.5. The Bertz CT molecular complexity index is 353. The van der Waals surface area contributed by atoms with Crippen LogP contribution in [0.5, 0.6) is 0 Å². The summed E-state index contributed by atoms with van der Waals surface area (Å²) >= 11 is 0. The summed E-state index contributed by atoms with van der Waals surface area (Å²) in [6.07, 6.45) is 14.0. The number of hydrogen-bond donors (Lipinski definition) is 0. The predicted octanol–water partition coefficient (Wildman–Crippen LogP) is 7.18. The Balaban J connectivity index is 1.32. The second-order valence-electron chi connectivity index (χ2n) is 8.78. The van der Waals surface area contributed by atoms with Gasteiger partial charge in [0.1, 0.15) is 12.3 Å². The summed E-state index contributed by atoms with van der Waals surface area (Å²) in [6, 6.07) is 0. The Morgan fingerprint density at radius 2 is 1.50 bits per heavy atom. The maximum Gasteiger partial charge on any atom is 0.131 e. The lowest BCUT2D eigenvalue weighted by molar-refractivity contribution is 0.0861. The van der Waals surface area contributed by atoms with Crippen LogP contribution >= 0.6 is 0 Å². The largest absolute Gasteiger partial charge is 0.244 e. The van der Waals surface area contributed by atoms with Crippen LogP contribution < -0.4 is 0 Å². The van der Waals surface area contributed by atoms with Crippen molar-refractivity contribution >= 4 is 0 Å². The molecule has 138 valence electrons. The molecule has 0 heterocycles. The van der Waals surface area contributed by atoms with E-state index >= 15 is 0 Å². The first-order valence-electron chi connectivity index (χ1n) is 10.6. The molecular formula is C22H36F2. The van der Waals surface area contributed by atoms with Gasteiger partial charge in [-0.25, -0.2) is 8.78 Å². The molecule has 3 fully saturated rings. The summed E-state index contributed by atoms with van der Waals surface area (Å²) in [4.78, 5) is 0. The first-order valence-corrected chi connectivity index (χ1v) is 10.6. The van der Waals surface area contributed by atoms with Crippen molar-refractivity contribution in [3.63, 3.8) is 0 Å². The second kappa shape index (κ2) is 8.99. The minimum absolute atomic E-state index is 0.427. The van der Waals surface area contributed by atoms with Crippen LogP contribution in [0.2, 0.25) is 0 Å². The molecule has 3 rings (SSSR count). The van der Waals surface area contributed by atoms with Gasteiger partial charge >= 0.3 is 0 Å². The van der Waals surface area contributed by atoms with E-state index in [0.717, 1.165) is 24.7 Å². The van der Waals surface area contributed by atoms with Crippen LogP contribution in [-0.2, 0) is 0 Å². The monoisotopic (exact) mass is 338 g/mol. The highest BCUT2D eigenvalue weighted by Crippen LogP contribution is 2.45. The van der Waals surface area contributed by atoms with Crippen molar-refractivity contribution in [3.05, 3.63) is 11.8 Å². The molecule has 3 unspecified atom stereocenters. The average molecular weight is 339 g/mol. The van der Waals surface area contributed by atoms with Gasteiger partial charge in [-0.2, -0.15) is 0 Å². The second-order valence-corrected chi connectivity index (χ2v) is 8.78. The zero-order chi connectivity index (χ0) is 16.9. The van der Waals surface area contributed by atoms with Crippen LogP contribution in [0, 0.1) is 29.6 Å². The third-order valence-corrected chi connectivity index (χ3v) is 7.30. The molecule has 3 aliphatic carbocycles. The van der Waals surface area contributed by atoms with Gasteiger partial charge in [-0.15, -0.1) is 0 Å². The van der Waals surface area contributed by atoms with Gasteiger partial charge in [0.25, 0.3) is 0 Å². The SMILES string of the molecule is CCC1CC[C](C2CC[C](CCC3CCC(F)C(F)C3)CC2)CC1. The van der Waals surface area contributed by atoms with E-state index in [-0.39, 0.29) is 0 Å². The quantitative estimate of drug-likeness (QED) is 0.498. The molecule has 0 N–H and O–H groups in total. The molecule has 0 aromatic rings. The highest BCUT2D eigenvalue weighted by molar-refractivity contribution is 5.06. The Kier molecular flexibility index (Phi) is 6.98. The Morgan fingerprint density at radius 3 is 2.12 bits per heavy atom. The van der Waals surface area contributed by atoms with Gasteiger partial charge in [-0.3, -0.25) is 0 Å². The summed E-state index contributed by atoms with van der Waals surface area (Å²) < 4.78 is 26.7. The summed E-state index contributed by atoms with van der Waals surface area (Å²) in [6.45, 7) is 2.34. The standard InChI is InChI=1S/C22H36F2/c1-2-16-5-10-19(11-6-16)20-12-7-17(8-13-20)3-4-18-9-14-21(23)22(24)15-18/h16,18,20-22H,2-15H2,1H3. The van der Waals surface area contributed by atoms with Crippen LogP contribution in [0.15, 0.2) is 0 Å². The molecule has 24 heavy (non-hydrogen) atoms. The highest BCUT2D eigenvalue weighted by atomic mass is 19.2. The molecule has 0 bridgehead atoms. The van der Waals surface area contributed by atoms with Crippen molar-refractivity contribution in [1.29, 1.82) is 0 Å². The van der Waals surface area contributed by atoms with E-state index in [4.69, 9.17) is 0 Å². The van der Waals surface area contributed by atoms with Gasteiger partial charge in [0.05, 0.1) is 0 Å². The lowest BCUT2D eigenvalue weighted by Crippen LogP contribution is -2.28. The molecule has 0 spiro atoms. The van der Waals surface area contributed by atoms with Gasteiger partial charge in [0.15, 0.2) is 0 Å². The summed E-state index contributed by atoms with van der Waals surface area (Å²) in [5.41, 5.74) is 0. The van der Waals surface area contributed by atoms with Crippen molar-refractivity contribution in [2.75, 3.05) is 0 Å². The molecular weight excluding hydrogens is 302 g/mol. The van der Waals surface area contributed by atoms with Crippen LogP contribution in [0.1, 0.15) is 96.8 Å². The molecule has 3 aliphatic rings. The normalized spacial score (nSPS) is 35.4. The molecule has 0 aliphatic heterocycles. The summed E-state index contributed by atoms with van der Waals surface area (Å²) in [5, 5.41) is 0. The lowest BCUT2D eigenvalue weighted by Gasteiger charge is -2.37. The molecule has 0 aromatic heterocycles. The first-order chi connectivity index (χ1) is 11.7. The lowest BCUT2D eigenvalue weighted by atomic mass is 9.68. The van der Waals surface area contributed by atoms with Gasteiger partial charge < -0.3 is 0 Å². The van der Waals surface area contributed by atoms with E-state index in [2.05, 4.69) is 6.92 Å². The fraction of sp³-hybridized carbons (Fsp3) is 0.909. The van der Waals surface area contributed by atoms with Gasteiger partial charge in [0.2, 0.25) is 0 Å². The van der Waals surface area contributed by atoms with Crippen LogP contribution in [0.4, 0.5) is 8.78 Å². The molecule has 3 saturated carbocycles. The van der Waals surface area contributed by atoms with Crippen molar-refractivity contribution in [3.8, 4) is 0 Å². The third kappa shape index (κ3) is 4.94. The van der Waals surface area contributed by atoms with E-state index in [0.29, 0.717) is 18.8 Å². The van der Waals surface area contributed by atoms with E-state index in [9.17, 15) is 8.78 Å². The summed E-state index contributed by atoms with van der Waals surface area (Å²) in [5.74, 6) is 5.89. The predicted molar refractivity (Wildman–Crippen MR) is 97.1 cm³/mol. The number of hydrogen-bond acceptors (Lipinski definition) is 0. The molecule has 2 radical (unpaired) electrons. The molecule has 0 amide bonds. The van der Waals surface area contributed by atoms with Gasteiger partial charge in [0, 0.05) is 0 Å². The van der Waals surface area contributed by atoms with Gasteiger partial charge in [-0.05, 0) is 113 Å². The molecule has 2 heteroatoms. The van der Waals surface area contributed by atoms with Crippen molar-refractivity contribution < 1.29 is 8.78 Å². The van der Waals surface area contributed by atoms with E-state index in [1.54, 1.807) is 5.92 Å². The summed E-state index contributed by atoms with van der Waals surface area (Å²) in [7, 11) is 0. The molecule has 3 atom stereocenters. The van der Waals surface area contributed by atoms with E-state index in [1.165, 1.54) is 64.2 Å². The number of rotatable bonds is 5. The van der Waals surface area contributed by atoms with Crippen LogP contribution in [-0.4, -0.2) is 12.3 Å². The maximum absolute atomic E-state index is 13.5. The molecule has 0 nitrogen and oxygen atoms in total. The topological polar surface area (TPSA) is 0 Å². The smallest absolute Gasteiger partial charge is 0.131 e. The Hall–Kier alpha value is -0.140. The van der Waals surface area contributed by atoms with Crippen molar-refractivity contribution in [2.24, 2.45) is 17.8 Å². The Morgan fingerprint density at radius 1 is 0.792 bits per heavy atom. The van der Waals surface area contributed by atoms with Gasteiger partial charge in [-0.1, -0.05) is 13.3 Å². The first kappa shape index (κ1) is 18.6. The Labute approximate surface area is 148 Å². The minimum Gasteiger partial charge on any atom is -0.244 e. The zero-order valence-electron chi connectivity index (χ0n) is 15.5. The van der Waals surface area contributed by atoms with E-state index < -0.39 is 12.3 Å². The maximum atomic E-state index is 13.5. The number of halogens is 2. The van der Waals surface area contributed by atoms with Crippen LogP contribution in [0.3, 0.4) is 0 Å². The van der Waals surface area contributed by atoms with Crippen molar-refractivity contribution in [2.45, 2.75) is 109 Å². The van der Waals surface area contributed by atoms with Crippen LogP contribution in [0.25, 0.3) is 0 Å². The minimum atomic E-state index is -1.20. The highest BCUT2D eigenvalue weighted by Gasteiger charge is 2.33. The molecule has 0 aromatic carbocycles. The third-order valence-electron chi connectivity index (χ3n) is 7.30. The molecule has 0 saturated heterocycles. The van der Waals surface area contributed by atoms with Crippen molar-refractivity contribution in [1.82, 2.24) is 0 Å². The fourth-order valence-corrected chi connectivity index (χ4v) is 5.38.